The summed E-state index contributed by atoms with van der Waals surface area (Å²) >= 11 is 6.07. The van der Waals surface area contributed by atoms with Crippen molar-refractivity contribution in [3.05, 3.63) is 28.8 Å². The van der Waals surface area contributed by atoms with Crippen molar-refractivity contribution in [2.45, 2.75) is 44.8 Å². The van der Waals surface area contributed by atoms with E-state index in [1.165, 1.54) is 0 Å². The maximum Gasteiger partial charge on any atom is 0.123 e. The molecule has 2 N–H and O–H groups in total. The lowest BCUT2D eigenvalue weighted by Gasteiger charge is -2.25. The van der Waals surface area contributed by atoms with E-state index in [1.807, 2.05) is 18.2 Å². The van der Waals surface area contributed by atoms with Crippen molar-refractivity contribution in [2.75, 3.05) is 13.2 Å². The smallest absolute Gasteiger partial charge is 0.123 e. The summed E-state index contributed by atoms with van der Waals surface area (Å²) in [6.45, 7) is 3.65. The third-order valence-corrected chi connectivity index (χ3v) is 3.73. The van der Waals surface area contributed by atoms with Crippen molar-refractivity contribution in [1.82, 2.24) is 0 Å². The molecular weight excluding hydrogens is 262 g/mol. The maximum absolute atomic E-state index is 6.09. The van der Waals surface area contributed by atoms with Crippen molar-refractivity contribution < 1.29 is 9.47 Å². The Morgan fingerprint density at radius 3 is 2.84 bits per heavy atom. The van der Waals surface area contributed by atoms with E-state index >= 15 is 0 Å². The zero-order chi connectivity index (χ0) is 13.7. The lowest BCUT2D eigenvalue weighted by molar-refractivity contribution is 0.0251. The van der Waals surface area contributed by atoms with Crippen LogP contribution in [-0.2, 0) is 11.2 Å². The monoisotopic (exact) mass is 283 g/mol. The van der Waals surface area contributed by atoms with E-state index in [0.29, 0.717) is 0 Å². The second-order valence-electron chi connectivity index (χ2n) is 5.05. The largest absolute Gasteiger partial charge is 0.490 e. The van der Waals surface area contributed by atoms with E-state index in [2.05, 4.69) is 6.92 Å². The van der Waals surface area contributed by atoms with Gasteiger partial charge in [0, 0.05) is 23.9 Å². The van der Waals surface area contributed by atoms with Gasteiger partial charge < -0.3 is 15.2 Å². The van der Waals surface area contributed by atoms with E-state index < -0.39 is 0 Å². The molecule has 1 aromatic rings. The van der Waals surface area contributed by atoms with Gasteiger partial charge in [-0.3, -0.25) is 0 Å². The predicted octanol–water partition coefficient (Wildman–Crippen LogP) is 3.18. The molecule has 2 rings (SSSR count). The minimum Gasteiger partial charge on any atom is -0.490 e. The van der Waals surface area contributed by atoms with E-state index in [0.717, 1.165) is 55.2 Å². The molecular formula is C15H22ClNO2. The summed E-state index contributed by atoms with van der Waals surface area (Å²) in [6, 6.07) is 5.94. The highest BCUT2D eigenvalue weighted by atomic mass is 35.5. The van der Waals surface area contributed by atoms with E-state index in [4.69, 9.17) is 26.8 Å². The molecule has 0 bridgehead atoms. The Bertz CT molecular complexity index is 405. The summed E-state index contributed by atoms with van der Waals surface area (Å²) in [5.74, 6) is 0.917. The van der Waals surface area contributed by atoms with Crippen molar-refractivity contribution in [3.63, 3.8) is 0 Å². The Morgan fingerprint density at radius 2 is 2.16 bits per heavy atom. The SMILES string of the molecule is CCC(N)Cc1cc(Cl)ccc1OC1CCOCC1. The first kappa shape index (κ1) is 14.6. The molecule has 0 radical (unpaired) electrons. The summed E-state index contributed by atoms with van der Waals surface area (Å²) < 4.78 is 11.4. The van der Waals surface area contributed by atoms with Gasteiger partial charge in [-0.1, -0.05) is 18.5 Å². The molecule has 106 valence electrons. The van der Waals surface area contributed by atoms with Crippen LogP contribution in [0.5, 0.6) is 5.75 Å². The Labute approximate surface area is 120 Å². The highest BCUT2D eigenvalue weighted by Crippen LogP contribution is 2.27. The summed E-state index contributed by atoms with van der Waals surface area (Å²) in [6.07, 6.45) is 3.88. The zero-order valence-electron chi connectivity index (χ0n) is 11.4. The molecule has 0 aromatic heterocycles. The predicted molar refractivity (Wildman–Crippen MR) is 77.9 cm³/mol. The molecule has 1 unspecified atom stereocenters. The second-order valence-corrected chi connectivity index (χ2v) is 5.49. The number of ether oxygens (including phenoxy) is 2. The summed E-state index contributed by atoms with van der Waals surface area (Å²) in [7, 11) is 0. The normalized spacial score (nSPS) is 18.3. The quantitative estimate of drug-likeness (QED) is 0.903. The van der Waals surface area contributed by atoms with Crippen molar-refractivity contribution >= 4 is 11.6 Å². The molecule has 1 aliphatic heterocycles. The first-order valence-electron chi connectivity index (χ1n) is 6.97. The molecule has 19 heavy (non-hydrogen) atoms. The first-order chi connectivity index (χ1) is 9.19. The molecule has 1 atom stereocenters. The standard InChI is InChI=1S/C15H22ClNO2/c1-2-13(17)10-11-9-12(16)3-4-15(11)19-14-5-7-18-8-6-14/h3-4,9,13-14H,2,5-8,10,17H2,1H3. The van der Waals surface area contributed by atoms with Gasteiger partial charge in [0.15, 0.2) is 0 Å². The Balaban J connectivity index is 2.09. The van der Waals surface area contributed by atoms with Gasteiger partial charge in [-0.25, -0.2) is 0 Å². The van der Waals surface area contributed by atoms with Crippen LogP contribution in [0.25, 0.3) is 0 Å². The van der Waals surface area contributed by atoms with Crippen molar-refractivity contribution in [1.29, 1.82) is 0 Å². The van der Waals surface area contributed by atoms with Crippen LogP contribution in [0.1, 0.15) is 31.7 Å². The van der Waals surface area contributed by atoms with Crippen LogP contribution in [0.3, 0.4) is 0 Å². The van der Waals surface area contributed by atoms with E-state index in [-0.39, 0.29) is 12.1 Å². The van der Waals surface area contributed by atoms with Crippen LogP contribution in [0.15, 0.2) is 18.2 Å². The van der Waals surface area contributed by atoms with Crippen LogP contribution < -0.4 is 10.5 Å². The molecule has 1 heterocycles. The van der Waals surface area contributed by atoms with Crippen LogP contribution in [0.2, 0.25) is 5.02 Å². The lowest BCUT2D eigenvalue weighted by Crippen LogP contribution is -2.27. The molecule has 3 nitrogen and oxygen atoms in total. The van der Waals surface area contributed by atoms with Gasteiger partial charge in [0.2, 0.25) is 0 Å². The van der Waals surface area contributed by atoms with Crippen LogP contribution in [0, 0.1) is 0 Å². The first-order valence-corrected chi connectivity index (χ1v) is 7.35. The van der Waals surface area contributed by atoms with Gasteiger partial charge in [0.1, 0.15) is 11.9 Å². The number of hydrogen-bond acceptors (Lipinski definition) is 3. The van der Waals surface area contributed by atoms with Crippen molar-refractivity contribution in [2.24, 2.45) is 5.73 Å². The number of halogens is 1. The molecule has 1 saturated heterocycles. The minimum absolute atomic E-state index is 0.149. The third kappa shape index (κ3) is 4.37. The van der Waals surface area contributed by atoms with Gasteiger partial charge in [0.05, 0.1) is 13.2 Å². The lowest BCUT2D eigenvalue weighted by atomic mass is 10.0. The number of hydrogen-bond donors (Lipinski definition) is 1. The van der Waals surface area contributed by atoms with Crippen molar-refractivity contribution in [3.8, 4) is 5.75 Å². The van der Waals surface area contributed by atoms with Crippen LogP contribution in [-0.4, -0.2) is 25.4 Å². The molecule has 1 aliphatic rings. The van der Waals surface area contributed by atoms with Crippen LogP contribution >= 0.6 is 11.6 Å². The second kappa shape index (κ2) is 7.13. The molecule has 0 aliphatic carbocycles. The molecule has 1 fully saturated rings. The average molecular weight is 284 g/mol. The maximum atomic E-state index is 6.09. The summed E-state index contributed by atoms with van der Waals surface area (Å²) in [4.78, 5) is 0. The fourth-order valence-corrected chi connectivity index (χ4v) is 2.42. The molecule has 0 saturated carbocycles. The Morgan fingerprint density at radius 1 is 1.42 bits per heavy atom. The summed E-state index contributed by atoms with van der Waals surface area (Å²) in [5, 5.41) is 0.734. The van der Waals surface area contributed by atoms with Gasteiger partial charge in [0.25, 0.3) is 0 Å². The zero-order valence-corrected chi connectivity index (χ0v) is 12.2. The fourth-order valence-electron chi connectivity index (χ4n) is 2.22. The van der Waals surface area contributed by atoms with Crippen LogP contribution in [0.4, 0.5) is 0 Å². The molecule has 0 spiro atoms. The Hall–Kier alpha value is -0.770. The number of nitrogens with two attached hydrogens (primary N) is 1. The fraction of sp³-hybridized carbons (Fsp3) is 0.600. The number of benzene rings is 1. The van der Waals surface area contributed by atoms with E-state index in [1.54, 1.807) is 0 Å². The third-order valence-electron chi connectivity index (χ3n) is 3.49. The average Bonchev–Trinajstić information content (AvgIpc) is 2.43. The molecule has 4 heteroatoms. The van der Waals surface area contributed by atoms with Gasteiger partial charge >= 0.3 is 0 Å². The minimum atomic E-state index is 0.149. The van der Waals surface area contributed by atoms with Gasteiger partial charge in [-0.2, -0.15) is 0 Å². The van der Waals surface area contributed by atoms with Gasteiger partial charge in [-0.15, -0.1) is 0 Å². The molecule has 0 amide bonds. The number of rotatable bonds is 5. The Kier molecular flexibility index (Phi) is 5.49. The van der Waals surface area contributed by atoms with E-state index in [9.17, 15) is 0 Å². The van der Waals surface area contributed by atoms with Gasteiger partial charge in [-0.05, 0) is 36.6 Å². The highest BCUT2D eigenvalue weighted by molar-refractivity contribution is 6.30. The topological polar surface area (TPSA) is 44.5 Å². The highest BCUT2D eigenvalue weighted by Gasteiger charge is 2.17. The molecule has 1 aromatic carbocycles. The summed E-state index contributed by atoms with van der Waals surface area (Å²) in [5.41, 5.74) is 7.14.